The van der Waals surface area contributed by atoms with Gasteiger partial charge in [-0.1, -0.05) is 42.5 Å². The molecular formula is C28H25N5O3. The molecule has 0 N–H and O–H groups in total. The lowest BCUT2D eigenvalue weighted by Crippen LogP contribution is -2.49. The molecular weight excluding hydrogens is 454 g/mol. The van der Waals surface area contributed by atoms with E-state index < -0.39 is 0 Å². The highest BCUT2D eigenvalue weighted by molar-refractivity contribution is 5.94. The van der Waals surface area contributed by atoms with E-state index in [1.165, 1.54) is 12.5 Å². The number of para-hydroxylation sites is 1. The lowest BCUT2D eigenvalue weighted by Gasteiger charge is -2.36. The Kier molecular flexibility index (Phi) is 5.61. The van der Waals surface area contributed by atoms with Crippen molar-refractivity contribution in [2.45, 2.75) is 0 Å². The summed E-state index contributed by atoms with van der Waals surface area (Å²) in [5.74, 6) is 1.68. The van der Waals surface area contributed by atoms with Crippen molar-refractivity contribution in [2.24, 2.45) is 0 Å². The van der Waals surface area contributed by atoms with Crippen molar-refractivity contribution >= 4 is 17.4 Å². The van der Waals surface area contributed by atoms with Crippen LogP contribution in [0.3, 0.4) is 0 Å². The summed E-state index contributed by atoms with van der Waals surface area (Å²) < 4.78 is 12.6. The third-order valence-electron chi connectivity index (χ3n) is 6.52. The van der Waals surface area contributed by atoms with Crippen molar-refractivity contribution in [1.29, 1.82) is 0 Å². The molecule has 1 amide bonds. The van der Waals surface area contributed by atoms with Crippen LogP contribution >= 0.6 is 0 Å². The zero-order chi connectivity index (χ0) is 24.5. The van der Waals surface area contributed by atoms with Crippen LogP contribution in [0.25, 0.3) is 28.2 Å². The van der Waals surface area contributed by atoms with Crippen LogP contribution in [0.1, 0.15) is 10.4 Å². The van der Waals surface area contributed by atoms with Crippen molar-refractivity contribution in [2.75, 3.05) is 38.2 Å². The number of carbonyl (C=O) groups excluding carboxylic acids is 1. The minimum Gasteiger partial charge on any atom is -0.496 e. The van der Waals surface area contributed by atoms with Crippen LogP contribution in [0.2, 0.25) is 0 Å². The predicted molar refractivity (Wildman–Crippen MR) is 137 cm³/mol. The minimum atomic E-state index is -0.0107. The predicted octanol–water partition coefficient (Wildman–Crippen LogP) is 4.63. The first-order valence-electron chi connectivity index (χ1n) is 11.9. The highest BCUT2D eigenvalue weighted by atomic mass is 16.5. The fourth-order valence-corrected chi connectivity index (χ4v) is 4.64. The van der Waals surface area contributed by atoms with Crippen LogP contribution in [0, 0.1) is 0 Å². The summed E-state index contributed by atoms with van der Waals surface area (Å²) in [7, 11) is 1.67. The molecule has 4 heterocycles. The van der Waals surface area contributed by atoms with E-state index in [0.29, 0.717) is 31.7 Å². The fourth-order valence-electron chi connectivity index (χ4n) is 4.64. The number of furan rings is 1. The second kappa shape index (κ2) is 9.22. The maximum absolute atomic E-state index is 12.8. The van der Waals surface area contributed by atoms with Gasteiger partial charge in [0.05, 0.1) is 30.3 Å². The third kappa shape index (κ3) is 3.96. The molecule has 2 aromatic carbocycles. The molecule has 6 rings (SSSR count). The average molecular weight is 480 g/mol. The Morgan fingerprint density at radius 2 is 1.69 bits per heavy atom. The molecule has 1 fully saturated rings. The van der Waals surface area contributed by atoms with Gasteiger partial charge in [0.15, 0.2) is 5.65 Å². The fraction of sp³-hybridized carbons (Fsp3) is 0.179. The zero-order valence-corrected chi connectivity index (χ0v) is 19.9. The van der Waals surface area contributed by atoms with E-state index >= 15 is 0 Å². The molecule has 8 heteroatoms. The number of ether oxygens (including phenoxy) is 1. The maximum Gasteiger partial charge on any atom is 0.257 e. The normalized spacial score (nSPS) is 13.8. The second-order valence-corrected chi connectivity index (χ2v) is 8.66. The first-order valence-corrected chi connectivity index (χ1v) is 11.9. The standard InChI is InChI=1S/C28H25N5O3/c1-35-25-10-6-5-9-22(25)24-18-27(31-12-14-32(15-13-31)28(34)21-11-16-36-19-21)33-26(29-24)17-23(30-33)20-7-3-2-4-8-20/h2-11,16-19H,12-15H2,1H3. The Hall–Kier alpha value is -4.59. The van der Waals surface area contributed by atoms with Crippen LogP contribution in [0.4, 0.5) is 5.82 Å². The lowest BCUT2D eigenvalue weighted by atomic mass is 10.1. The van der Waals surface area contributed by atoms with E-state index in [4.69, 9.17) is 19.2 Å². The minimum absolute atomic E-state index is 0.0107. The Labute approximate surface area is 208 Å². The van der Waals surface area contributed by atoms with Crippen molar-refractivity contribution < 1.29 is 13.9 Å². The number of piperazine rings is 1. The van der Waals surface area contributed by atoms with Crippen molar-refractivity contribution in [3.05, 3.63) is 90.9 Å². The van der Waals surface area contributed by atoms with Gasteiger partial charge in [0.2, 0.25) is 0 Å². The molecule has 0 aliphatic carbocycles. The summed E-state index contributed by atoms with van der Waals surface area (Å²) in [5.41, 5.74) is 4.95. The Bertz CT molecular complexity index is 1500. The zero-order valence-electron chi connectivity index (χ0n) is 19.9. The molecule has 0 saturated carbocycles. The molecule has 36 heavy (non-hydrogen) atoms. The molecule has 5 aromatic rings. The number of anilines is 1. The van der Waals surface area contributed by atoms with E-state index in [0.717, 1.165) is 39.7 Å². The number of hydrogen-bond donors (Lipinski definition) is 0. The molecule has 3 aromatic heterocycles. The van der Waals surface area contributed by atoms with Crippen molar-refractivity contribution in [1.82, 2.24) is 19.5 Å². The molecule has 1 saturated heterocycles. The summed E-state index contributed by atoms with van der Waals surface area (Å²) in [4.78, 5) is 21.9. The number of fused-ring (bicyclic) bond motifs is 1. The van der Waals surface area contributed by atoms with Crippen molar-refractivity contribution in [3.8, 4) is 28.3 Å². The van der Waals surface area contributed by atoms with Gasteiger partial charge in [-0.05, 0) is 18.2 Å². The largest absolute Gasteiger partial charge is 0.496 e. The molecule has 0 spiro atoms. The van der Waals surface area contributed by atoms with Gasteiger partial charge in [-0.3, -0.25) is 4.79 Å². The van der Waals surface area contributed by atoms with Gasteiger partial charge in [0, 0.05) is 49.4 Å². The van der Waals surface area contributed by atoms with Gasteiger partial charge in [-0.15, -0.1) is 0 Å². The Balaban J connectivity index is 1.39. The Morgan fingerprint density at radius 3 is 2.44 bits per heavy atom. The highest BCUT2D eigenvalue weighted by Crippen LogP contribution is 2.33. The summed E-state index contributed by atoms with van der Waals surface area (Å²) in [6.07, 6.45) is 3.02. The number of carbonyl (C=O) groups is 1. The van der Waals surface area contributed by atoms with Crippen LogP contribution in [-0.2, 0) is 0 Å². The Morgan fingerprint density at radius 1 is 0.917 bits per heavy atom. The average Bonchev–Trinajstić information content (AvgIpc) is 3.63. The van der Waals surface area contributed by atoms with E-state index in [-0.39, 0.29) is 5.91 Å². The van der Waals surface area contributed by atoms with Gasteiger partial charge in [-0.2, -0.15) is 9.61 Å². The first kappa shape index (κ1) is 21.9. The third-order valence-corrected chi connectivity index (χ3v) is 6.52. The van der Waals surface area contributed by atoms with E-state index in [2.05, 4.69) is 11.0 Å². The van der Waals surface area contributed by atoms with Gasteiger partial charge < -0.3 is 19.0 Å². The molecule has 180 valence electrons. The van der Waals surface area contributed by atoms with Gasteiger partial charge in [-0.25, -0.2) is 4.98 Å². The number of amides is 1. The second-order valence-electron chi connectivity index (χ2n) is 8.66. The SMILES string of the molecule is COc1ccccc1-c1cc(N2CCN(C(=O)c3ccoc3)CC2)n2nc(-c3ccccc3)cc2n1. The van der Waals surface area contributed by atoms with Crippen LogP contribution in [0.15, 0.2) is 89.7 Å². The van der Waals surface area contributed by atoms with Crippen LogP contribution < -0.4 is 9.64 Å². The summed E-state index contributed by atoms with van der Waals surface area (Å²) >= 11 is 0. The number of aromatic nitrogens is 3. The van der Waals surface area contributed by atoms with E-state index in [1.807, 2.05) is 70.1 Å². The van der Waals surface area contributed by atoms with Gasteiger partial charge >= 0.3 is 0 Å². The smallest absolute Gasteiger partial charge is 0.257 e. The molecule has 0 radical (unpaired) electrons. The number of nitrogens with zero attached hydrogens (tertiary/aromatic N) is 5. The molecule has 8 nitrogen and oxygen atoms in total. The maximum atomic E-state index is 12.8. The van der Waals surface area contributed by atoms with Gasteiger partial charge in [0.25, 0.3) is 5.91 Å². The monoisotopic (exact) mass is 479 g/mol. The molecule has 0 atom stereocenters. The molecule has 0 unspecified atom stereocenters. The molecule has 1 aliphatic rings. The number of rotatable bonds is 5. The van der Waals surface area contributed by atoms with E-state index in [1.54, 1.807) is 13.2 Å². The molecule has 1 aliphatic heterocycles. The number of hydrogen-bond acceptors (Lipinski definition) is 6. The van der Waals surface area contributed by atoms with E-state index in [9.17, 15) is 4.79 Å². The topological polar surface area (TPSA) is 76.1 Å². The van der Waals surface area contributed by atoms with Crippen LogP contribution in [-0.4, -0.2) is 58.7 Å². The number of benzene rings is 2. The van der Waals surface area contributed by atoms with Crippen LogP contribution in [0.5, 0.6) is 5.75 Å². The lowest BCUT2D eigenvalue weighted by molar-refractivity contribution is 0.0745. The number of methoxy groups -OCH3 is 1. The van der Waals surface area contributed by atoms with Crippen molar-refractivity contribution in [3.63, 3.8) is 0 Å². The quantitative estimate of drug-likeness (QED) is 0.366. The summed E-state index contributed by atoms with van der Waals surface area (Å²) in [6, 6.07) is 23.7. The first-order chi connectivity index (χ1) is 17.7. The highest BCUT2D eigenvalue weighted by Gasteiger charge is 2.25. The summed E-state index contributed by atoms with van der Waals surface area (Å²) in [5, 5.41) is 4.92. The summed E-state index contributed by atoms with van der Waals surface area (Å²) in [6.45, 7) is 2.55. The van der Waals surface area contributed by atoms with Gasteiger partial charge in [0.1, 0.15) is 17.8 Å². The molecule has 0 bridgehead atoms.